The molecule has 0 spiro atoms. The van der Waals surface area contributed by atoms with Gasteiger partial charge in [-0.25, -0.2) is 4.98 Å². The maximum absolute atomic E-state index is 11.4. The minimum absolute atomic E-state index is 0. The van der Waals surface area contributed by atoms with Gasteiger partial charge in [-0.15, -0.1) is 12.4 Å². The Morgan fingerprint density at radius 3 is 2.94 bits per heavy atom. The first-order valence-electron chi connectivity index (χ1n) is 5.34. The van der Waals surface area contributed by atoms with Crippen molar-refractivity contribution in [2.75, 3.05) is 6.61 Å². The van der Waals surface area contributed by atoms with E-state index in [1.165, 1.54) is 0 Å². The number of esters is 1. The highest BCUT2D eigenvalue weighted by Gasteiger charge is 2.35. The molecule has 0 aromatic carbocycles. The number of hydrogen-bond acceptors (Lipinski definition) is 3. The number of imidazole rings is 1. The molecule has 2 atom stereocenters. The molecule has 1 aromatic rings. The molecule has 1 aromatic heterocycles. The molecule has 1 saturated heterocycles. The van der Waals surface area contributed by atoms with Gasteiger partial charge in [0.15, 0.2) is 0 Å². The Bertz CT molecular complexity index is 365. The predicted octanol–water partition coefficient (Wildman–Crippen LogP) is 1.58. The van der Waals surface area contributed by atoms with Gasteiger partial charge in [0.1, 0.15) is 0 Å². The van der Waals surface area contributed by atoms with Crippen LogP contribution in [-0.2, 0) is 23.0 Å². The van der Waals surface area contributed by atoms with Crippen LogP contribution in [0.1, 0.15) is 19.0 Å². The van der Waals surface area contributed by atoms with E-state index in [9.17, 15) is 4.79 Å². The summed E-state index contributed by atoms with van der Waals surface area (Å²) in [6.07, 6.45) is 5.38. The first kappa shape index (κ1) is 13.0. The fourth-order valence-electron chi connectivity index (χ4n) is 2.16. The molecule has 1 aliphatic rings. The van der Waals surface area contributed by atoms with Crippen molar-refractivity contribution in [1.82, 2.24) is 9.55 Å². The Morgan fingerprint density at radius 1 is 1.62 bits per heavy atom. The second-order valence-corrected chi connectivity index (χ2v) is 4.10. The van der Waals surface area contributed by atoms with Crippen molar-refractivity contribution >= 4 is 18.4 Å². The lowest BCUT2D eigenvalue weighted by molar-refractivity contribution is -0.141. The third-order valence-electron chi connectivity index (χ3n) is 3.14. The molecule has 5 heteroatoms. The number of ether oxygens (including phenoxy) is 1. The summed E-state index contributed by atoms with van der Waals surface area (Å²) in [7, 11) is 1.97. The minimum Gasteiger partial charge on any atom is -0.465 e. The van der Waals surface area contributed by atoms with Gasteiger partial charge in [-0.3, -0.25) is 4.79 Å². The first-order chi connectivity index (χ1) is 7.22. The van der Waals surface area contributed by atoms with Crippen LogP contribution in [0.2, 0.25) is 0 Å². The number of rotatable bonds is 3. The Balaban J connectivity index is 0.00000128. The van der Waals surface area contributed by atoms with Crippen LogP contribution in [0.25, 0.3) is 0 Å². The van der Waals surface area contributed by atoms with Crippen molar-refractivity contribution in [3.63, 3.8) is 0 Å². The summed E-state index contributed by atoms with van der Waals surface area (Å²) in [5, 5.41) is 0. The second kappa shape index (κ2) is 5.34. The van der Waals surface area contributed by atoms with Crippen molar-refractivity contribution in [2.45, 2.75) is 19.8 Å². The fourth-order valence-corrected chi connectivity index (χ4v) is 2.16. The van der Waals surface area contributed by atoms with Crippen molar-refractivity contribution in [3.8, 4) is 0 Å². The van der Waals surface area contributed by atoms with Crippen molar-refractivity contribution in [1.29, 1.82) is 0 Å². The molecule has 16 heavy (non-hydrogen) atoms. The van der Waals surface area contributed by atoms with E-state index in [2.05, 4.69) is 4.98 Å². The van der Waals surface area contributed by atoms with Crippen molar-refractivity contribution < 1.29 is 9.53 Å². The molecule has 0 radical (unpaired) electrons. The summed E-state index contributed by atoms with van der Waals surface area (Å²) in [5.74, 6) is 0.350. The van der Waals surface area contributed by atoms with E-state index < -0.39 is 0 Å². The van der Waals surface area contributed by atoms with Crippen LogP contribution >= 0.6 is 12.4 Å². The zero-order valence-corrected chi connectivity index (χ0v) is 10.4. The van der Waals surface area contributed by atoms with E-state index in [-0.39, 0.29) is 24.3 Å². The van der Waals surface area contributed by atoms with Gasteiger partial charge in [0, 0.05) is 24.9 Å². The van der Waals surface area contributed by atoms with Gasteiger partial charge in [0.25, 0.3) is 0 Å². The molecule has 0 bridgehead atoms. The lowest BCUT2D eigenvalue weighted by Crippen LogP contribution is -2.18. The molecular weight excluding hydrogens is 228 g/mol. The number of carbonyl (C=O) groups is 1. The molecular formula is C11H17ClN2O2. The quantitative estimate of drug-likeness (QED) is 0.759. The van der Waals surface area contributed by atoms with E-state index >= 15 is 0 Å². The lowest BCUT2D eigenvalue weighted by Gasteiger charge is -2.12. The maximum Gasteiger partial charge on any atom is 0.309 e. The summed E-state index contributed by atoms with van der Waals surface area (Å²) in [6.45, 7) is 2.59. The summed E-state index contributed by atoms with van der Waals surface area (Å²) in [4.78, 5) is 15.5. The van der Waals surface area contributed by atoms with E-state index in [1.54, 1.807) is 6.33 Å². The highest BCUT2D eigenvalue weighted by molar-refractivity contribution is 5.85. The fraction of sp³-hybridized carbons (Fsp3) is 0.636. The summed E-state index contributed by atoms with van der Waals surface area (Å²) in [6, 6.07) is 0. The Morgan fingerprint density at radius 2 is 2.38 bits per heavy atom. The molecule has 1 aliphatic heterocycles. The smallest absolute Gasteiger partial charge is 0.309 e. The van der Waals surface area contributed by atoms with Gasteiger partial charge in [-0.2, -0.15) is 0 Å². The largest absolute Gasteiger partial charge is 0.465 e. The number of aryl methyl sites for hydroxylation is 1. The van der Waals surface area contributed by atoms with Gasteiger partial charge in [-0.05, 0) is 12.8 Å². The van der Waals surface area contributed by atoms with Crippen LogP contribution in [0.3, 0.4) is 0 Å². The molecule has 2 heterocycles. The third kappa shape index (κ3) is 2.38. The monoisotopic (exact) mass is 244 g/mol. The molecule has 0 N–H and O–H groups in total. The standard InChI is InChI=1S/C11H16N2O2.ClH/c1-3-10-8(6-15-11(10)14)4-9-5-12-7-13(9)2;/h5,7-8,10H,3-4,6H2,1-2H3;1H/t8-,10+;/m0./s1. The highest BCUT2D eigenvalue weighted by atomic mass is 35.5. The highest BCUT2D eigenvalue weighted by Crippen LogP contribution is 2.27. The van der Waals surface area contributed by atoms with Crippen LogP contribution in [0, 0.1) is 11.8 Å². The molecule has 0 amide bonds. The SMILES string of the molecule is CC[C@H]1C(=O)OC[C@@H]1Cc1cncn1C.Cl. The number of hydrogen-bond donors (Lipinski definition) is 0. The first-order valence-corrected chi connectivity index (χ1v) is 5.34. The van der Waals surface area contributed by atoms with Crippen LogP contribution in [0.4, 0.5) is 0 Å². The van der Waals surface area contributed by atoms with Crippen LogP contribution in [-0.4, -0.2) is 22.1 Å². The topological polar surface area (TPSA) is 44.1 Å². The molecule has 90 valence electrons. The Hall–Kier alpha value is -1.03. The predicted molar refractivity (Wildman–Crippen MR) is 62.4 cm³/mol. The van der Waals surface area contributed by atoms with Gasteiger partial charge in [0.2, 0.25) is 0 Å². The number of carbonyl (C=O) groups excluding carboxylic acids is 1. The molecule has 0 unspecified atom stereocenters. The van der Waals surface area contributed by atoms with Crippen LogP contribution < -0.4 is 0 Å². The number of halogens is 1. The summed E-state index contributed by atoms with van der Waals surface area (Å²) >= 11 is 0. The lowest BCUT2D eigenvalue weighted by atomic mass is 9.89. The summed E-state index contributed by atoms with van der Waals surface area (Å²) < 4.78 is 7.08. The number of aromatic nitrogens is 2. The zero-order chi connectivity index (χ0) is 10.8. The van der Waals surface area contributed by atoms with Crippen molar-refractivity contribution in [3.05, 3.63) is 18.2 Å². The van der Waals surface area contributed by atoms with Gasteiger partial charge in [-0.1, -0.05) is 6.92 Å². The molecule has 1 fully saturated rings. The van der Waals surface area contributed by atoms with Gasteiger partial charge < -0.3 is 9.30 Å². The van der Waals surface area contributed by atoms with E-state index in [1.807, 2.05) is 24.7 Å². The Kier molecular flexibility index (Phi) is 4.35. The second-order valence-electron chi connectivity index (χ2n) is 4.10. The third-order valence-corrected chi connectivity index (χ3v) is 3.14. The van der Waals surface area contributed by atoms with Gasteiger partial charge >= 0.3 is 5.97 Å². The minimum atomic E-state index is -0.0373. The Labute approximate surface area is 101 Å². The van der Waals surface area contributed by atoms with E-state index in [4.69, 9.17) is 4.74 Å². The molecule has 4 nitrogen and oxygen atoms in total. The average Bonchev–Trinajstić information content (AvgIpc) is 2.76. The average molecular weight is 245 g/mol. The van der Waals surface area contributed by atoms with E-state index in [0.717, 1.165) is 18.5 Å². The maximum atomic E-state index is 11.4. The molecule has 0 aliphatic carbocycles. The van der Waals surface area contributed by atoms with Crippen molar-refractivity contribution in [2.24, 2.45) is 18.9 Å². The van der Waals surface area contributed by atoms with Crippen LogP contribution in [0.15, 0.2) is 12.5 Å². The molecule has 2 rings (SSSR count). The van der Waals surface area contributed by atoms with Gasteiger partial charge in [0.05, 0.1) is 18.9 Å². The summed E-state index contributed by atoms with van der Waals surface area (Å²) in [5.41, 5.74) is 1.16. The zero-order valence-electron chi connectivity index (χ0n) is 9.55. The van der Waals surface area contributed by atoms with E-state index in [0.29, 0.717) is 12.5 Å². The number of nitrogens with zero attached hydrogens (tertiary/aromatic N) is 2. The number of cyclic esters (lactones) is 1. The normalized spacial score (nSPS) is 24.0. The van der Waals surface area contributed by atoms with Crippen LogP contribution in [0.5, 0.6) is 0 Å². The molecule has 0 saturated carbocycles.